The molecular formula is C41H66N4O8S. The predicted molar refractivity (Wildman–Crippen MR) is 209 cm³/mol. The quantitative estimate of drug-likeness (QED) is 0.175. The van der Waals surface area contributed by atoms with Gasteiger partial charge in [-0.25, -0.2) is 9.97 Å². The Bertz CT molecular complexity index is 1360. The summed E-state index contributed by atoms with van der Waals surface area (Å²) in [5, 5.41) is 34.9. The van der Waals surface area contributed by atoms with Crippen molar-refractivity contribution in [1.82, 2.24) is 19.8 Å². The Kier molecular flexibility index (Phi) is 17.6. The normalized spacial score (nSPS) is 39.3. The number of hydrogen-bond donors (Lipinski definition) is 3. The van der Waals surface area contributed by atoms with E-state index >= 15 is 0 Å². The number of esters is 1. The van der Waals surface area contributed by atoms with Gasteiger partial charge in [0, 0.05) is 49.0 Å². The lowest BCUT2D eigenvalue weighted by atomic mass is 9.79. The zero-order valence-corrected chi connectivity index (χ0v) is 34.4. The van der Waals surface area contributed by atoms with Gasteiger partial charge in [0.1, 0.15) is 12.2 Å². The van der Waals surface area contributed by atoms with Crippen LogP contribution >= 0.6 is 11.8 Å². The smallest absolute Gasteiger partial charge is 0.308 e. The van der Waals surface area contributed by atoms with Crippen LogP contribution in [0.3, 0.4) is 0 Å². The maximum Gasteiger partial charge on any atom is 0.308 e. The Morgan fingerprint density at radius 2 is 1.67 bits per heavy atom. The standard InChI is InChI=1S/C41H66N4O8S/c1-9-34-31(24-54-41-42-16-12-17-43-41)13-10-11-14-32(46)27(4)20-30(15-18-45-22-25(2)19-26(3)23-45)39(28(5)33(47)21-35(48)52-34)53-40-38(50)36(44(7)8)37(49)29(6)51-40/h10-14,16-17,25-31,33-34,36-40,47,49-50H,9,15,18-24H2,1-8H3/b13-10+,14-11+/t25?,26?,27-,28+,29?,30+,31-,33-,34-,36?,37?,38?,39-,40?/m1/s1. The molecule has 0 amide bonds. The lowest BCUT2D eigenvalue weighted by Gasteiger charge is -2.47. The van der Waals surface area contributed by atoms with Gasteiger partial charge in [0.2, 0.25) is 0 Å². The predicted octanol–water partition coefficient (Wildman–Crippen LogP) is 4.38. The van der Waals surface area contributed by atoms with Crippen LogP contribution in [0.4, 0.5) is 0 Å². The number of cyclic esters (lactones) is 1. The molecular weight excluding hydrogens is 709 g/mol. The number of thioether (sulfide) groups is 1. The van der Waals surface area contributed by atoms with Crippen molar-refractivity contribution < 1.29 is 39.1 Å². The summed E-state index contributed by atoms with van der Waals surface area (Å²) in [6.07, 6.45) is 6.88. The van der Waals surface area contributed by atoms with Crippen molar-refractivity contribution in [2.24, 2.45) is 35.5 Å². The Morgan fingerprint density at radius 1 is 0.981 bits per heavy atom. The Hall–Kier alpha value is -2.23. The van der Waals surface area contributed by atoms with Crippen molar-refractivity contribution >= 4 is 23.5 Å². The second kappa shape index (κ2) is 21.3. The molecule has 0 bridgehead atoms. The van der Waals surface area contributed by atoms with Crippen molar-refractivity contribution in [2.45, 2.75) is 128 Å². The minimum atomic E-state index is -1.19. The molecule has 2 fully saturated rings. The number of carbonyl (C=O) groups excluding carboxylic acids is 2. The van der Waals surface area contributed by atoms with Crippen LogP contribution in [0.25, 0.3) is 0 Å². The minimum Gasteiger partial charge on any atom is -0.462 e. The molecule has 0 aliphatic carbocycles. The molecule has 13 heteroatoms. The summed E-state index contributed by atoms with van der Waals surface area (Å²) in [5.41, 5.74) is 0. The van der Waals surface area contributed by atoms with Crippen molar-refractivity contribution in [3.05, 3.63) is 42.8 Å². The number of rotatable bonds is 10. The van der Waals surface area contributed by atoms with Gasteiger partial charge in [0.15, 0.2) is 17.2 Å². The number of aromatic nitrogens is 2. The van der Waals surface area contributed by atoms with Crippen LogP contribution < -0.4 is 0 Å². The Labute approximate surface area is 327 Å². The first kappa shape index (κ1) is 44.5. The zero-order chi connectivity index (χ0) is 39.5. The lowest BCUT2D eigenvalue weighted by Crippen LogP contribution is -2.63. The van der Waals surface area contributed by atoms with Crippen molar-refractivity contribution in [3.63, 3.8) is 0 Å². The van der Waals surface area contributed by atoms with Crippen LogP contribution in [0.15, 0.2) is 47.9 Å². The molecule has 2 saturated heterocycles. The molecule has 0 saturated carbocycles. The number of likely N-dealkylation sites (N-methyl/N-ethyl adjacent to an activating group) is 1. The first-order valence-corrected chi connectivity index (χ1v) is 20.9. The highest BCUT2D eigenvalue weighted by Crippen LogP contribution is 2.35. The SMILES string of the molecule is CC[C@H]1OC(=O)C[C@@H](O)[C@H](C)[C@@H](OC2OC(C)C(O)C(N(C)C)C2O)[C@@H](CCN2CC(C)CC(C)C2)C[C@@H](C)C(=O)/C=C/C=C/[C@@H]1CSc1ncccn1. The Morgan fingerprint density at radius 3 is 2.31 bits per heavy atom. The molecule has 4 heterocycles. The second-order valence-corrected chi connectivity index (χ2v) is 17.3. The van der Waals surface area contributed by atoms with E-state index in [-0.39, 0.29) is 30.0 Å². The number of likely N-dealkylation sites (tertiary alicyclic amines) is 1. The molecule has 0 spiro atoms. The maximum absolute atomic E-state index is 13.7. The molecule has 12 nitrogen and oxygen atoms in total. The van der Waals surface area contributed by atoms with Gasteiger partial charge in [0.05, 0.1) is 36.9 Å². The van der Waals surface area contributed by atoms with Crippen molar-refractivity contribution in [2.75, 3.05) is 39.5 Å². The third kappa shape index (κ3) is 12.6. The molecule has 3 aliphatic rings. The molecule has 3 N–H and O–H groups in total. The summed E-state index contributed by atoms with van der Waals surface area (Å²) in [5.74, 6) is -0.283. The molecule has 54 heavy (non-hydrogen) atoms. The Balaban J connectivity index is 1.67. The van der Waals surface area contributed by atoms with Gasteiger partial charge < -0.3 is 39.3 Å². The average molecular weight is 775 g/mol. The van der Waals surface area contributed by atoms with Crippen LogP contribution in [0.2, 0.25) is 0 Å². The molecule has 304 valence electrons. The number of ketones is 1. The summed E-state index contributed by atoms with van der Waals surface area (Å²) in [6.45, 7) is 14.8. The lowest BCUT2D eigenvalue weighted by molar-refractivity contribution is -0.304. The number of ether oxygens (including phenoxy) is 3. The zero-order valence-electron chi connectivity index (χ0n) is 33.6. The molecule has 0 aromatic carbocycles. The van der Waals surface area contributed by atoms with Gasteiger partial charge in [0.25, 0.3) is 0 Å². The summed E-state index contributed by atoms with van der Waals surface area (Å²) < 4.78 is 19.0. The van der Waals surface area contributed by atoms with Gasteiger partial charge in [-0.05, 0) is 83.1 Å². The monoisotopic (exact) mass is 774 g/mol. The van der Waals surface area contributed by atoms with E-state index in [0.29, 0.717) is 42.0 Å². The van der Waals surface area contributed by atoms with Crippen molar-refractivity contribution in [1.29, 1.82) is 0 Å². The highest BCUT2D eigenvalue weighted by Gasteiger charge is 2.47. The topological polar surface area (TPSA) is 155 Å². The molecule has 1 aromatic heterocycles. The molecule has 1 aromatic rings. The van der Waals surface area contributed by atoms with Crippen molar-refractivity contribution in [3.8, 4) is 0 Å². The van der Waals surface area contributed by atoms with E-state index in [1.807, 2.05) is 32.9 Å². The first-order valence-electron chi connectivity index (χ1n) is 19.9. The first-order chi connectivity index (χ1) is 25.7. The second-order valence-electron chi connectivity index (χ2n) is 16.4. The van der Waals surface area contributed by atoms with Gasteiger partial charge in [-0.2, -0.15) is 0 Å². The molecule has 4 rings (SSSR count). The molecule has 0 radical (unpaired) electrons. The van der Waals surface area contributed by atoms with E-state index in [1.165, 1.54) is 18.2 Å². The van der Waals surface area contributed by atoms with E-state index in [0.717, 1.165) is 19.6 Å². The highest BCUT2D eigenvalue weighted by atomic mass is 32.2. The van der Waals surface area contributed by atoms with Gasteiger partial charge in [-0.15, -0.1) is 0 Å². The van der Waals surface area contributed by atoms with E-state index in [4.69, 9.17) is 14.2 Å². The number of carbonyl (C=O) groups is 2. The van der Waals surface area contributed by atoms with Gasteiger partial charge in [-0.3, -0.25) is 9.59 Å². The van der Waals surface area contributed by atoms with Crippen LogP contribution in [-0.4, -0.2) is 135 Å². The number of aliphatic hydroxyl groups excluding tert-OH is 3. The maximum atomic E-state index is 13.7. The van der Waals surface area contributed by atoms with E-state index in [2.05, 4.69) is 28.7 Å². The van der Waals surface area contributed by atoms with E-state index in [1.54, 1.807) is 56.5 Å². The average Bonchev–Trinajstić information content (AvgIpc) is 3.12. The third-order valence-corrected chi connectivity index (χ3v) is 12.4. The van der Waals surface area contributed by atoms with Crippen LogP contribution in [0.5, 0.6) is 0 Å². The van der Waals surface area contributed by atoms with Crippen LogP contribution in [0, 0.1) is 35.5 Å². The summed E-state index contributed by atoms with van der Waals surface area (Å²) in [6, 6.07) is 1.10. The largest absolute Gasteiger partial charge is 0.462 e. The summed E-state index contributed by atoms with van der Waals surface area (Å²) >= 11 is 1.46. The minimum absolute atomic E-state index is 0.0237. The molecule has 7 unspecified atom stereocenters. The van der Waals surface area contributed by atoms with Crippen LogP contribution in [0.1, 0.15) is 73.6 Å². The fourth-order valence-electron chi connectivity index (χ4n) is 8.47. The summed E-state index contributed by atoms with van der Waals surface area (Å²) in [4.78, 5) is 40.1. The number of allylic oxidation sites excluding steroid dienone is 3. The number of piperidine rings is 1. The van der Waals surface area contributed by atoms with Crippen LogP contribution in [-0.2, 0) is 23.8 Å². The van der Waals surface area contributed by atoms with E-state index in [9.17, 15) is 24.9 Å². The summed E-state index contributed by atoms with van der Waals surface area (Å²) in [7, 11) is 3.58. The fourth-order valence-corrected chi connectivity index (χ4v) is 9.41. The number of hydrogen-bond acceptors (Lipinski definition) is 13. The highest BCUT2D eigenvalue weighted by molar-refractivity contribution is 7.99. The third-order valence-electron chi connectivity index (χ3n) is 11.4. The molecule has 3 aliphatic heterocycles. The number of aliphatic hydroxyl groups is 3. The van der Waals surface area contributed by atoms with Gasteiger partial charge >= 0.3 is 5.97 Å². The molecule has 14 atom stereocenters. The fraction of sp³-hybridized carbons (Fsp3) is 0.756. The number of nitrogens with zero attached hydrogens (tertiary/aromatic N) is 4. The van der Waals surface area contributed by atoms with Gasteiger partial charge in [-0.1, -0.05) is 64.6 Å². The van der Waals surface area contributed by atoms with E-state index < -0.39 is 60.8 Å².